The highest BCUT2D eigenvalue weighted by Crippen LogP contribution is 2.36. The molecule has 0 aliphatic carbocycles. The number of nitriles is 1. The zero-order chi connectivity index (χ0) is 20.5. The lowest BCUT2D eigenvalue weighted by Crippen LogP contribution is -2.35. The van der Waals surface area contributed by atoms with Crippen molar-refractivity contribution in [3.8, 4) is 11.8 Å². The first kappa shape index (κ1) is 19.5. The summed E-state index contributed by atoms with van der Waals surface area (Å²) in [5.41, 5.74) is 2.89. The highest BCUT2D eigenvalue weighted by Gasteiger charge is 2.26. The maximum atomic E-state index is 12.8. The number of nitrogens with zero attached hydrogens (tertiary/aromatic N) is 3. The van der Waals surface area contributed by atoms with Gasteiger partial charge in [0.2, 0.25) is 0 Å². The van der Waals surface area contributed by atoms with Gasteiger partial charge < -0.3 is 14.2 Å². The van der Waals surface area contributed by atoms with Crippen LogP contribution in [0.15, 0.2) is 51.7 Å². The second-order valence-electron chi connectivity index (χ2n) is 7.40. The van der Waals surface area contributed by atoms with Crippen molar-refractivity contribution < 1.29 is 4.74 Å². The number of piperidine rings is 1. The average molecular weight is 452 g/mol. The van der Waals surface area contributed by atoms with E-state index in [1.165, 1.54) is 5.56 Å². The van der Waals surface area contributed by atoms with E-state index in [-0.39, 0.29) is 11.1 Å². The number of ether oxygens (including phenoxy) is 1. The highest BCUT2D eigenvalue weighted by molar-refractivity contribution is 9.10. The quantitative estimate of drug-likeness (QED) is 0.585. The molecule has 5 nitrogen and oxygen atoms in total. The molecule has 2 aromatic carbocycles. The molecule has 148 valence electrons. The minimum Gasteiger partial charge on any atom is -0.497 e. The van der Waals surface area contributed by atoms with Gasteiger partial charge in [-0.25, -0.2) is 0 Å². The van der Waals surface area contributed by atoms with E-state index >= 15 is 0 Å². The SMILES string of the molecule is COc1ccc(C2CCN(c3c(C#N)c(=O)n(C)c4ccc(Br)cc34)CC2)cc1. The van der Waals surface area contributed by atoms with Gasteiger partial charge in [-0.1, -0.05) is 28.1 Å². The first-order valence-electron chi connectivity index (χ1n) is 9.64. The molecule has 0 bridgehead atoms. The molecular weight excluding hydrogens is 430 g/mol. The summed E-state index contributed by atoms with van der Waals surface area (Å²) >= 11 is 3.53. The molecule has 3 aromatic rings. The van der Waals surface area contributed by atoms with Gasteiger partial charge >= 0.3 is 0 Å². The second-order valence-corrected chi connectivity index (χ2v) is 8.31. The van der Waals surface area contributed by atoms with Crippen LogP contribution >= 0.6 is 15.9 Å². The maximum Gasteiger partial charge on any atom is 0.270 e. The molecule has 1 aliphatic heterocycles. The highest BCUT2D eigenvalue weighted by atomic mass is 79.9. The number of fused-ring (bicyclic) bond motifs is 1. The average Bonchev–Trinajstić information content (AvgIpc) is 2.76. The fourth-order valence-corrected chi connectivity index (χ4v) is 4.61. The van der Waals surface area contributed by atoms with Gasteiger partial charge in [-0.2, -0.15) is 5.26 Å². The van der Waals surface area contributed by atoms with Gasteiger partial charge in [0.05, 0.1) is 18.3 Å². The number of anilines is 1. The third-order valence-corrected chi connectivity index (χ3v) is 6.33. The molecule has 2 heterocycles. The van der Waals surface area contributed by atoms with Crippen LogP contribution in [0, 0.1) is 11.3 Å². The Hall–Kier alpha value is -2.78. The Morgan fingerprint density at radius 1 is 1.14 bits per heavy atom. The number of halogens is 1. The summed E-state index contributed by atoms with van der Waals surface area (Å²) in [5, 5.41) is 10.7. The van der Waals surface area contributed by atoms with Crippen LogP contribution in [0.3, 0.4) is 0 Å². The zero-order valence-corrected chi connectivity index (χ0v) is 18.1. The molecule has 1 aliphatic rings. The van der Waals surface area contributed by atoms with Crippen LogP contribution in [0.4, 0.5) is 5.69 Å². The first-order valence-corrected chi connectivity index (χ1v) is 10.4. The van der Waals surface area contributed by atoms with Crippen molar-refractivity contribution in [2.24, 2.45) is 7.05 Å². The fraction of sp³-hybridized carbons (Fsp3) is 0.304. The summed E-state index contributed by atoms with van der Waals surface area (Å²) in [7, 11) is 3.40. The first-order chi connectivity index (χ1) is 14.0. The number of aryl methyl sites for hydroxylation is 1. The summed E-state index contributed by atoms with van der Waals surface area (Å²) in [6.07, 6.45) is 1.95. The van der Waals surface area contributed by atoms with Gasteiger partial charge in [0.1, 0.15) is 17.4 Å². The van der Waals surface area contributed by atoms with E-state index < -0.39 is 0 Å². The molecule has 0 unspecified atom stereocenters. The van der Waals surface area contributed by atoms with Crippen LogP contribution in [0.1, 0.15) is 29.9 Å². The van der Waals surface area contributed by atoms with Crippen LogP contribution in [0.5, 0.6) is 5.75 Å². The standard InChI is InChI=1S/C23H22BrN3O2/c1-26-21-8-5-17(24)13-19(21)22(20(14-25)23(26)28)27-11-9-16(10-12-27)15-3-6-18(29-2)7-4-15/h3-8,13,16H,9-12H2,1-2H3. The lowest BCUT2D eigenvalue weighted by atomic mass is 9.89. The van der Waals surface area contributed by atoms with E-state index in [0.29, 0.717) is 5.92 Å². The Morgan fingerprint density at radius 3 is 2.45 bits per heavy atom. The van der Waals surface area contributed by atoms with Gasteiger partial charge in [-0.15, -0.1) is 0 Å². The predicted molar refractivity (Wildman–Crippen MR) is 119 cm³/mol. The maximum absolute atomic E-state index is 12.8. The largest absolute Gasteiger partial charge is 0.497 e. The molecule has 6 heteroatoms. The minimum absolute atomic E-state index is 0.223. The smallest absolute Gasteiger partial charge is 0.270 e. The topological polar surface area (TPSA) is 58.3 Å². The zero-order valence-electron chi connectivity index (χ0n) is 16.5. The molecule has 1 saturated heterocycles. The van der Waals surface area contributed by atoms with Crippen molar-refractivity contribution in [1.29, 1.82) is 5.26 Å². The predicted octanol–water partition coefficient (Wildman–Crippen LogP) is 4.57. The number of aromatic nitrogens is 1. The third kappa shape index (κ3) is 3.51. The van der Waals surface area contributed by atoms with Crippen LogP contribution in [0.25, 0.3) is 10.9 Å². The fourth-order valence-electron chi connectivity index (χ4n) is 4.25. The van der Waals surface area contributed by atoms with Crippen LogP contribution in [0.2, 0.25) is 0 Å². The summed E-state index contributed by atoms with van der Waals surface area (Å²) in [6, 6.07) is 16.3. The Morgan fingerprint density at radius 2 is 1.83 bits per heavy atom. The molecule has 1 fully saturated rings. The molecule has 0 spiro atoms. The normalized spacial score (nSPS) is 14.8. The van der Waals surface area contributed by atoms with Gasteiger partial charge in [-0.3, -0.25) is 4.79 Å². The minimum atomic E-state index is -0.241. The number of hydrogen-bond acceptors (Lipinski definition) is 4. The second kappa shape index (κ2) is 7.92. The van der Waals surface area contributed by atoms with Crippen molar-refractivity contribution in [1.82, 2.24) is 4.57 Å². The number of benzene rings is 2. The van der Waals surface area contributed by atoms with Crippen molar-refractivity contribution in [2.45, 2.75) is 18.8 Å². The summed E-state index contributed by atoms with van der Waals surface area (Å²) in [5.74, 6) is 1.33. The van der Waals surface area contributed by atoms with Crippen LogP contribution in [-0.4, -0.2) is 24.8 Å². The van der Waals surface area contributed by atoms with E-state index in [1.54, 1.807) is 18.7 Å². The Balaban J connectivity index is 1.69. The Kier molecular flexibility index (Phi) is 5.33. The van der Waals surface area contributed by atoms with E-state index in [4.69, 9.17) is 4.74 Å². The molecule has 0 N–H and O–H groups in total. The van der Waals surface area contributed by atoms with Crippen molar-refractivity contribution >= 4 is 32.5 Å². The van der Waals surface area contributed by atoms with E-state index in [2.05, 4.69) is 39.0 Å². The van der Waals surface area contributed by atoms with Crippen LogP contribution in [-0.2, 0) is 7.05 Å². The molecular formula is C23H22BrN3O2. The summed E-state index contributed by atoms with van der Waals surface area (Å²) in [4.78, 5) is 15.0. The Labute approximate surface area is 178 Å². The van der Waals surface area contributed by atoms with Crippen LogP contribution < -0.4 is 15.2 Å². The molecule has 0 saturated carbocycles. The summed E-state index contributed by atoms with van der Waals surface area (Å²) < 4.78 is 7.75. The molecule has 29 heavy (non-hydrogen) atoms. The Bertz CT molecular complexity index is 1150. The summed E-state index contributed by atoms with van der Waals surface area (Å²) in [6.45, 7) is 1.61. The van der Waals surface area contributed by atoms with Crippen molar-refractivity contribution in [2.75, 3.05) is 25.1 Å². The monoisotopic (exact) mass is 451 g/mol. The molecule has 0 atom stereocenters. The van der Waals surface area contributed by atoms with Crippen molar-refractivity contribution in [3.63, 3.8) is 0 Å². The van der Waals surface area contributed by atoms with Crippen molar-refractivity contribution in [3.05, 3.63) is 68.4 Å². The van der Waals surface area contributed by atoms with Gasteiger partial charge in [0.15, 0.2) is 0 Å². The van der Waals surface area contributed by atoms with E-state index in [0.717, 1.165) is 52.7 Å². The number of rotatable bonds is 3. The molecule has 1 aromatic heterocycles. The van der Waals surface area contributed by atoms with Gasteiger partial charge in [0.25, 0.3) is 5.56 Å². The number of methoxy groups -OCH3 is 1. The molecule has 0 amide bonds. The van der Waals surface area contributed by atoms with Gasteiger partial charge in [0, 0.05) is 30.0 Å². The number of hydrogen-bond donors (Lipinski definition) is 0. The molecule has 0 radical (unpaired) electrons. The van der Waals surface area contributed by atoms with E-state index in [9.17, 15) is 10.1 Å². The number of pyridine rings is 1. The molecule has 4 rings (SSSR count). The van der Waals surface area contributed by atoms with Gasteiger partial charge in [-0.05, 0) is 54.7 Å². The lowest BCUT2D eigenvalue weighted by molar-refractivity contribution is 0.414. The van der Waals surface area contributed by atoms with E-state index in [1.807, 2.05) is 30.3 Å². The lowest BCUT2D eigenvalue weighted by Gasteiger charge is -2.35. The third-order valence-electron chi connectivity index (χ3n) is 5.84.